The number of esters is 3. The van der Waals surface area contributed by atoms with E-state index in [2.05, 4.69) is 20.8 Å². The number of ether oxygens (including phenoxy) is 3. The first-order valence-electron chi connectivity index (χ1n) is 23.5. The fourth-order valence-corrected chi connectivity index (χ4v) is 7.03. The van der Waals surface area contributed by atoms with Gasteiger partial charge in [0.05, 0.1) is 0 Å². The predicted molar refractivity (Wildman–Crippen MR) is 224 cm³/mol. The molecule has 0 aliphatic heterocycles. The van der Waals surface area contributed by atoms with Gasteiger partial charge >= 0.3 is 17.9 Å². The zero-order chi connectivity index (χ0) is 38.7. The Kier molecular flexibility index (Phi) is 41.8. The van der Waals surface area contributed by atoms with Crippen molar-refractivity contribution in [3.63, 3.8) is 0 Å². The monoisotopic (exact) mass is 751 g/mol. The second-order valence-electron chi connectivity index (χ2n) is 16.0. The molecule has 0 aromatic carbocycles. The van der Waals surface area contributed by atoms with E-state index in [9.17, 15) is 14.4 Å². The summed E-state index contributed by atoms with van der Waals surface area (Å²) in [7, 11) is 0. The predicted octanol–water partition coefficient (Wildman–Crippen LogP) is 14.9. The molecular weight excluding hydrogens is 661 g/mol. The first-order valence-corrected chi connectivity index (χ1v) is 23.5. The van der Waals surface area contributed by atoms with Gasteiger partial charge in [0, 0.05) is 19.3 Å². The van der Waals surface area contributed by atoms with Crippen LogP contribution in [-0.2, 0) is 28.6 Å². The summed E-state index contributed by atoms with van der Waals surface area (Å²) in [5, 5.41) is 0. The fraction of sp³-hybridized carbons (Fsp3) is 0.936. The zero-order valence-electron chi connectivity index (χ0n) is 35.8. The number of carbonyl (C=O) groups is 3. The SMILES string of the molecule is CCCCCCCCCCCCCCCCCCCC(=O)O[C@H](COC(=O)CCCCCCC)COC(=O)CCCCCCCCCCCCCCC. The second kappa shape index (κ2) is 43.1. The van der Waals surface area contributed by atoms with E-state index in [4.69, 9.17) is 14.2 Å². The maximum absolute atomic E-state index is 12.7. The number of rotatable bonds is 43. The first-order chi connectivity index (χ1) is 26.0. The molecule has 6 heteroatoms. The summed E-state index contributed by atoms with van der Waals surface area (Å²) < 4.78 is 16.6. The van der Waals surface area contributed by atoms with E-state index in [1.807, 2.05) is 0 Å². The maximum atomic E-state index is 12.7. The quantitative estimate of drug-likeness (QED) is 0.0351. The number of carbonyl (C=O) groups excluding carboxylic acids is 3. The molecule has 0 aromatic rings. The number of unbranched alkanes of at least 4 members (excludes halogenated alkanes) is 32. The van der Waals surface area contributed by atoms with E-state index in [1.165, 1.54) is 161 Å². The summed E-state index contributed by atoms with van der Waals surface area (Å²) in [5.41, 5.74) is 0. The van der Waals surface area contributed by atoms with Crippen molar-refractivity contribution in [3.8, 4) is 0 Å². The lowest BCUT2D eigenvalue weighted by Gasteiger charge is -2.18. The largest absolute Gasteiger partial charge is 0.462 e. The Hall–Kier alpha value is -1.59. The van der Waals surface area contributed by atoms with Crippen LogP contribution in [0.4, 0.5) is 0 Å². The van der Waals surface area contributed by atoms with Crippen molar-refractivity contribution in [2.24, 2.45) is 0 Å². The van der Waals surface area contributed by atoms with Crippen LogP contribution in [0.25, 0.3) is 0 Å². The average molecular weight is 751 g/mol. The zero-order valence-corrected chi connectivity index (χ0v) is 35.8. The van der Waals surface area contributed by atoms with Crippen LogP contribution < -0.4 is 0 Å². The van der Waals surface area contributed by atoms with Crippen molar-refractivity contribution in [2.75, 3.05) is 13.2 Å². The van der Waals surface area contributed by atoms with Gasteiger partial charge in [-0.15, -0.1) is 0 Å². The Morgan fingerprint density at radius 1 is 0.302 bits per heavy atom. The maximum Gasteiger partial charge on any atom is 0.306 e. The highest BCUT2D eigenvalue weighted by molar-refractivity contribution is 5.71. The van der Waals surface area contributed by atoms with Crippen LogP contribution in [0.2, 0.25) is 0 Å². The van der Waals surface area contributed by atoms with Crippen molar-refractivity contribution in [3.05, 3.63) is 0 Å². The summed E-state index contributed by atoms with van der Waals surface area (Å²) in [4.78, 5) is 37.5. The van der Waals surface area contributed by atoms with Gasteiger partial charge < -0.3 is 14.2 Å². The van der Waals surface area contributed by atoms with Gasteiger partial charge in [0.25, 0.3) is 0 Å². The topological polar surface area (TPSA) is 78.9 Å². The Morgan fingerprint density at radius 3 is 0.755 bits per heavy atom. The molecule has 0 bridgehead atoms. The molecule has 1 atom stereocenters. The van der Waals surface area contributed by atoms with Crippen molar-refractivity contribution in [2.45, 2.75) is 271 Å². The molecule has 6 nitrogen and oxygen atoms in total. The van der Waals surface area contributed by atoms with Crippen LogP contribution in [0.1, 0.15) is 265 Å². The molecule has 0 amide bonds. The average Bonchev–Trinajstić information content (AvgIpc) is 3.15. The van der Waals surface area contributed by atoms with Crippen LogP contribution in [0.5, 0.6) is 0 Å². The molecule has 0 fully saturated rings. The molecule has 0 heterocycles. The minimum atomic E-state index is -0.757. The molecule has 0 rings (SSSR count). The molecule has 0 aliphatic rings. The highest BCUT2D eigenvalue weighted by Gasteiger charge is 2.19. The van der Waals surface area contributed by atoms with Crippen molar-refractivity contribution >= 4 is 17.9 Å². The third-order valence-electron chi connectivity index (χ3n) is 10.6. The molecule has 0 aromatic heterocycles. The van der Waals surface area contributed by atoms with Crippen LogP contribution in [0.15, 0.2) is 0 Å². The van der Waals surface area contributed by atoms with E-state index in [-0.39, 0.29) is 31.1 Å². The standard InChI is InChI=1S/C47H90O6/c1-4-7-10-13-15-17-19-21-22-23-24-26-28-30-32-35-38-41-47(50)53-44(42-51-45(48)39-36-33-12-9-6-3)43-52-46(49)40-37-34-31-29-27-25-20-18-16-14-11-8-5-2/h44H,4-43H2,1-3H3/t44-/m1/s1. The van der Waals surface area contributed by atoms with E-state index in [0.29, 0.717) is 19.3 Å². The van der Waals surface area contributed by atoms with Gasteiger partial charge in [-0.2, -0.15) is 0 Å². The van der Waals surface area contributed by atoms with Crippen LogP contribution >= 0.6 is 0 Å². The van der Waals surface area contributed by atoms with Gasteiger partial charge in [-0.1, -0.05) is 226 Å². The summed E-state index contributed by atoms with van der Waals surface area (Å²) in [5.74, 6) is -0.863. The highest BCUT2D eigenvalue weighted by Crippen LogP contribution is 2.16. The summed E-state index contributed by atoms with van der Waals surface area (Å²) in [6.45, 7) is 6.58. The molecule has 0 radical (unpaired) electrons. The van der Waals surface area contributed by atoms with Crippen LogP contribution in [0.3, 0.4) is 0 Å². The summed E-state index contributed by atoms with van der Waals surface area (Å²) in [6, 6.07) is 0. The summed E-state index contributed by atoms with van der Waals surface area (Å²) >= 11 is 0. The molecular formula is C47H90O6. The van der Waals surface area contributed by atoms with E-state index in [1.54, 1.807) is 0 Å². The Morgan fingerprint density at radius 2 is 0.509 bits per heavy atom. The molecule has 0 saturated heterocycles. The highest BCUT2D eigenvalue weighted by atomic mass is 16.6. The molecule has 314 valence electrons. The lowest BCUT2D eigenvalue weighted by Crippen LogP contribution is -2.30. The molecule has 0 unspecified atom stereocenters. The Bertz CT molecular complexity index is 783. The van der Waals surface area contributed by atoms with Gasteiger partial charge in [-0.25, -0.2) is 0 Å². The third kappa shape index (κ3) is 41.4. The van der Waals surface area contributed by atoms with Gasteiger partial charge in [0.2, 0.25) is 0 Å². The minimum Gasteiger partial charge on any atom is -0.462 e. The molecule has 0 aliphatic carbocycles. The van der Waals surface area contributed by atoms with E-state index < -0.39 is 6.10 Å². The van der Waals surface area contributed by atoms with Crippen LogP contribution in [-0.4, -0.2) is 37.2 Å². The lowest BCUT2D eigenvalue weighted by atomic mass is 10.0. The Labute approximate surface area is 329 Å². The molecule has 0 spiro atoms. The molecule has 0 N–H and O–H groups in total. The van der Waals surface area contributed by atoms with Crippen molar-refractivity contribution in [1.82, 2.24) is 0 Å². The Balaban J connectivity index is 4.15. The summed E-state index contributed by atoms with van der Waals surface area (Å²) in [6.07, 6.45) is 44.0. The second-order valence-corrected chi connectivity index (χ2v) is 16.0. The van der Waals surface area contributed by atoms with Crippen molar-refractivity contribution in [1.29, 1.82) is 0 Å². The van der Waals surface area contributed by atoms with Gasteiger partial charge in [-0.3, -0.25) is 14.4 Å². The third-order valence-corrected chi connectivity index (χ3v) is 10.6. The first kappa shape index (κ1) is 51.4. The normalized spacial score (nSPS) is 11.8. The van der Waals surface area contributed by atoms with Gasteiger partial charge in [0.1, 0.15) is 13.2 Å². The van der Waals surface area contributed by atoms with E-state index in [0.717, 1.165) is 64.2 Å². The lowest BCUT2D eigenvalue weighted by molar-refractivity contribution is -0.167. The molecule has 0 saturated carbocycles. The van der Waals surface area contributed by atoms with Crippen LogP contribution in [0, 0.1) is 0 Å². The minimum absolute atomic E-state index is 0.0636. The molecule has 53 heavy (non-hydrogen) atoms. The van der Waals surface area contributed by atoms with Gasteiger partial charge in [-0.05, 0) is 19.3 Å². The smallest absolute Gasteiger partial charge is 0.306 e. The van der Waals surface area contributed by atoms with Gasteiger partial charge in [0.15, 0.2) is 6.10 Å². The number of hydrogen-bond donors (Lipinski definition) is 0. The number of hydrogen-bond acceptors (Lipinski definition) is 6. The van der Waals surface area contributed by atoms with Crippen molar-refractivity contribution < 1.29 is 28.6 Å². The fourth-order valence-electron chi connectivity index (χ4n) is 7.03. The van der Waals surface area contributed by atoms with E-state index >= 15 is 0 Å².